The summed E-state index contributed by atoms with van der Waals surface area (Å²) in [6.07, 6.45) is -0.212. The minimum absolute atomic E-state index is 0.0577. The van der Waals surface area contributed by atoms with Crippen molar-refractivity contribution >= 4 is 17.6 Å². The minimum Gasteiger partial charge on any atom is -0.550 e. The van der Waals surface area contributed by atoms with Gasteiger partial charge in [0, 0.05) is 29.9 Å². The lowest BCUT2D eigenvalue weighted by atomic mass is 9.97. The molecule has 0 bridgehead atoms. The SMILES string of the molecule is COc1cccc(C2=NN(C(=O)CCC(=O)[O-])[C@H](c3ccccc3O)C2)c1. The summed E-state index contributed by atoms with van der Waals surface area (Å²) in [6, 6.07) is 13.5. The van der Waals surface area contributed by atoms with E-state index in [1.165, 1.54) is 5.01 Å². The van der Waals surface area contributed by atoms with Gasteiger partial charge in [-0.15, -0.1) is 0 Å². The van der Waals surface area contributed by atoms with Gasteiger partial charge >= 0.3 is 0 Å². The van der Waals surface area contributed by atoms with E-state index in [1.807, 2.05) is 24.3 Å². The number of aliphatic carboxylic acids is 1. The minimum atomic E-state index is -1.29. The number of carboxylic acid groups (broad SMARTS) is 1. The second-order valence-electron chi connectivity index (χ2n) is 6.17. The number of carbonyl (C=O) groups excluding carboxylic acids is 2. The summed E-state index contributed by atoms with van der Waals surface area (Å²) in [6.45, 7) is 0. The van der Waals surface area contributed by atoms with E-state index >= 15 is 0 Å². The van der Waals surface area contributed by atoms with Gasteiger partial charge in [-0.05, 0) is 24.6 Å². The molecule has 1 aliphatic heterocycles. The molecule has 0 saturated heterocycles. The van der Waals surface area contributed by atoms with Crippen LogP contribution in [-0.4, -0.2) is 34.8 Å². The van der Waals surface area contributed by atoms with Gasteiger partial charge in [-0.2, -0.15) is 5.10 Å². The van der Waals surface area contributed by atoms with Crippen molar-refractivity contribution < 1.29 is 24.5 Å². The Balaban J connectivity index is 1.94. The van der Waals surface area contributed by atoms with Gasteiger partial charge in [-0.1, -0.05) is 30.3 Å². The lowest BCUT2D eigenvalue weighted by Gasteiger charge is -2.22. The number of hydrazone groups is 1. The molecule has 2 aromatic carbocycles. The van der Waals surface area contributed by atoms with Crippen LogP contribution in [0.2, 0.25) is 0 Å². The molecule has 1 heterocycles. The molecule has 0 aromatic heterocycles. The maximum absolute atomic E-state index is 12.6. The van der Waals surface area contributed by atoms with Crippen LogP contribution in [0.1, 0.15) is 36.4 Å². The van der Waals surface area contributed by atoms with Gasteiger partial charge in [-0.25, -0.2) is 5.01 Å². The second-order valence-corrected chi connectivity index (χ2v) is 6.17. The van der Waals surface area contributed by atoms with E-state index in [-0.39, 0.29) is 18.6 Å². The fourth-order valence-electron chi connectivity index (χ4n) is 3.05. The standard InChI is InChI=1S/C20H20N2O5/c1-27-14-6-4-5-13(11-14)16-12-17(15-7-2-3-8-18(15)23)22(21-16)19(24)9-10-20(25)26/h2-8,11,17,23H,9-10,12H2,1H3,(H,25,26)/p-1/t17-/m0/s1. The van der Waals surface area contributed by atoms with Crippen molar-refractivity contribution in [2.45, 2.75) is 25.3 Å². The molecule has 7 nitrogen and oxygen atoms in total. The van der Waals surface area contributed by atoms with E-state index in [0.29, 0.717) is 23.4 Å². The monoisotopic (exact) mass is 367 g/mol. The summed E-state index contributed by atoms with van der Waals surface area (Å²) < 4.78 is 5.24. The highest BCUT2D eigenvalue weighted by molar-refractivity contribution is 6.03. The average Bonchev–Trinajstić information content (AvgIpc) is 3.11. The van der Waals surface area contributed by atoms with Crippen molar-refractivity contribution in [1.82, 2.24) is 5.01 Å². The predicted octanol–water partition coefficient (Wildman–Crippen LogP) is 1.61. The number of ether oxygens (including phenoxy) is 1. The number of nitrogens with zero attached hydrogens (tertiary/aromatic N) is 2. The molecule has 7 heteroatoms. The highest BCUT2D eigenvalue weighted by Crippen LogP contribution is 2.37. The Kier molecular flexibility index (Phi) is 5.40. The van der Waals surface area contributed by atoms with Crippen LogP contribution in [0.5, 0.6) is 11.5 Å². The Bertz CT molecular complexity index is 893. The Hall–Kier alpha value is -3.35. The molecule has 140 valence electrons. The third-order valence-corrected chi connectivity index (χ3v) is 4.41. The summed E-state index contributed by atoms with van der Waals surface area (Å²) >= 11 is 0. The number of phenols is 1. The van der Waals surface area contributed by atoms with Crippen LogP contribution < -0.4 is 9.84 Å². The van der Waals surface area contributed by atoms with Crippen molar-refractivity contribution in [3.8, 4) is 11.5 Å². The average molecular weight is 367 g/mol. The number of para-hydroxylation sites is 1. The highest BCUT2D eigenvalue weighted by Gasteiger charge is 2.34. The fraction of sp³-hybridized carbons (Fsp3) is 0.250. The number of aromatic hydroxyl groups is 1. The van der Waals surface area contributed by atoms with Crippen molar-refractivity contribution in [2.24, 2.45) is 5.10 Å². The van der Waals surface area contributed by atoms with Crippen LogP contribution in [0.25, 0.3) is 0 Å². The van der Waals surface area contributed by atoms with Gasteiger partial charge in [0.05, 0.1) is 18.9 Å². The van der Waals surface area contributed by atoms with Gasteiger partial charge in [0.1, 0.15) is 11.5 Å². The van der Waals surface area contributed by atoms with Crippen molar-refractivity contribution in [3.05, 3.63) is 59.7 Å². The highest BCUT2D eigenvalue weighted by atomic mass is 16.5. The number of carboxylic acids is 1. The molecular weight excluding hydrogens is 348 g/mol. The number of phenolic OH excluding ortho intramolecular Hbond substituents is 1. The number of hydrogen-bond acceptors (Lipinski definition) is 6. The molecule has 0 radical (unpaired) electrons. The van der Waals surface area contributed by atoms with Crippen molar-refractivity contribution in [2.75, 3.05) is 7.11 Å². The number of benzene rings is 2. The fourth-order valence-corrected chi connectivity index (χ4v) is 3.05. The van der Waals surface area contributed by atoms with Gasteiger partial charge in [0.2, 0.25) is 5.91 Å². The third kappa shape index (κ3) is 4.08. The first-order chi connectivity index (χ1) is 13.0. The zero-order valence-electron chi connectivity index (χ0n) is 14.8. The molecule has 1 atom stereocenters. The Morgan fingerprint density at radius 3 is 2.70 bits per heavy atom. The quantitative estimate of drug-likeness (QED) is 0.836. The molecule has 1 aliphatic rings. The Labute approximate surface area is 156 Å². The first kappa shape index (κ1) is 18.4. The smallest absolute Gasteiger partial charge is 0.243 e. The number of hydrogen-bond donors (Lipinski definition) is 1. The largest absolute Gasteiger partial charge is 0.550 e. The molecule has 0 aliphatic carbocycles. The molecule has 0 unspecified atom stereocenters. The van der Waals surface area contributed by atoms with Gasteiger partial charge in [0.25, 0.3) is 0 Å². The molecule has 0 saturated carbocycles. The summed E-state index contributed by atoms with van der Waals surface area (Å²) in [5, 5.41) is 26.6. The maximum Gasteiger partial charge on any atom is 0.243 e. The maximum atomic E-state index is 12.6. The number of carbonyl (C=O) groups is 2. The summed E-state index contributed by atoms with van der Waals surface area (Å²) in [5.41, 5.74) is 2.01. The van der Waals surface area contributed by atoms with Crippen LogP contribution in [0, 0.1) is 0 Å². The predicted molar refractivity (Wildman–Crippen MR) is 96.1 cm³/mol. The number of amides is 1. The topological polar surface area (TPSA) is 102 Å². The zero-order chi connectivity index (χ0) is 19.4. The number of rotatable bonds is 6. The van der Waals surface area contributed by atoms with Crippen LogP contribution in [0.4, 0.5) is 0 Å². The van der Waals surface area contributed by atoms with Gasteiger partial charge < -0.3 is 19.7 Å². The summed E-state index contributed by atoms with van der Waals surface area (Å²) in [5.74, 6) is -1.01. The zero-order valence-corrected chi connectivity index (χ0v) is 14.8. The molecule has 0 fully saturated rings. The molecule has 27 heavy (non-hydrogen) atoms. The van der Waals surface area contributed by atoms with E-state index < -0.39 is 17.9 Å². The van der Waals surface area contributed by atoms with E-state index in [2.05, 4.69) is 5.10 Å². The first-order valence-corrected chi connectivity index (χ1v) is 8.51. The van der Waals surface area contributed by atoms with Gasteiger partial charge in [0.15, 0.2) is 0 Å². The lowest BCUT2D eigenvalue weighted by Crippen LogP contribution is -2.29. The Morgan fingerprint density at radius 1 is 1.22 bits per heavy atom. The molecule has 1 amide bonds. The molecule has 1 N–H and O–H groups in total. The third-order valence-electron chi connectivity index (χ3n) is 4.41. The van der Waals surface area contributed by atoms with Crippen LogP contribution in [0.3, 0.4) is 0 Å². The van der Waals surface area contributed by atoms with Crippen molar-refractivity contribution in [3.63, 3.8) is 0 Å². The van der Waals surface area contributed by atoms with E-state index in [4.69, 9.17) is 4.74 Å². The van der Waals surface area contributed by atoms with Crippen LogP contribution in [0.15, 0.2) is 53.6 Å². The van der Waals surface area contributed by atoms with Crippen molar-refractivity contribution in [1.29, 1.82) is 0 Å². The lowest BCUT2D eigenvalue weighted by molar-refractivity contribution is -0.305. The van der Waals surface area contributed by atoms with Crippen LogP contribution >= 0.6 is 0 Å². The first-order valence-electron chi connectivity index (χ1n) is 8.51. The van der Waals surface area contributed by atoms with Gasteiger partial charge in [-0.3, -0.25) is 4.79 Å². The molecular formula is C20H19N2O5-. The summed E-state index contributed by atoms with van der Waals surface area (Å²) in [4.78, 5) is 23.3. The Morgan fingerprint density at radius 2 is 2.00 bits per heavy atom. The van der Waals surface area contributed by atoms with E-state index in [9.17, 15) is 19.8 Å². The molecule has 2 aromatic rings. The van der Waals surface area contributed by atoms with Crippen LogP contribution in [-0.2, 0) is 9.59 Å². The normalized spacial score (nSPS) is 16.1. The number of methoxy groups -OCH3 is 1. The second kappa shape index (κ2) is 7.90. The summed E-state index contributed by atoms with van der Waals surface area (Å²) in [7, 11) is 1.57. The van der Waals surface area contributed by atoms with E-state index in [0.717, 1.165) is 5.56 Å². The molecule has 3 rings (SSSR count). The molecule has 0 spiro atoms. The van der Waals surface area contributed by atoms with E-state index in [1.54, 1.807) is 31.4 Å².